The molecule has 0 spiro atoms. The van der Waals surface area contributed by atoms with Gasteiger partial charge in [-0.15, -0.1) is 0 Å². The first-order valence-corrected chi connectivity index (χ1v) is 7.86. The third kappa shape index (κ3) is 2.95. The Hall–Kier alpha value is -0.610. The molecule has 0 radical (unpaired) electrons. The fourth-order valence-electron chi connectivity index (χ4n) is 4.37. The van der Waals surface area contributed by atoms with Gasteiger partial charge in [0.1, 0.15) is 0 Å². The first-order valence-electron chi connectivity index (χ1n) is 7.86. The monoisotopic (exact) mass is 265 g/mol. The van der Waals surface area contributed by atoms with Crippen LogP contribution in [0, 0.1) is 17.8 Å². The summed E-state index contributed by atoms with van der Waals surface area (Å²) in [5.41, 5.74) is 6.01. The highest BCUT2D eigenvalue weighted by atomic mass is 16.1. The second-order valence-corrected chi connectivity index (χ2v) is 7.01. The maximum Gasteiger partial charge on any atom is 0.223 e. The molecule has 4 nitrogen and oxygen atoms in total. The lowest BCUT2D eigenvalue weighted by atomic mass is 9.95. The number of hydrogen-bond acceptors (Lipinski definition) is 3. The second-order valence-electron chi connectivity index (χ2n) is 7.01. The first kappa shape index (κ1) is 13.4. The van der Waals surface area contributed by atoms with E-state index >= 15 is 0 Å². The van der Waals surface area contributed by atoms with Gasteiger partial charge in [0.05, 0.1) is 0 Å². The van der Waals surface area contributed by atoms with Crippen LogP contribution in [0.25, 0.3) is 0 Å². The Kier molecular flexibility index (Phi) is 3.81. The molecule has 3 rings (SSSR count). The van der Waals surface area contributed by atoms with E-state index in [1.54, 1.807) is 0 Å². The average molecular weight is 265 g/mol. The summed E-state index contributed by atoms with van der Waals surface area (Å²) in [6.07, 6.45) is 6.71. The van der Waals surface area contributed by atoms with Crippen LogP contribution in [0.1, 0.15) is 38.5 Å². The number of piperidine rings is 1. The van der Waals surface area contributed by atoms with Crippen LogP contribution < -0.4 is 11.1 Å². The zero-order chi connectivity index (χ0) is 13.4. The molecular weight excluding hydrogens is 238 g/mol. The van der Waals surface area contributed by atoms with E-state index in [4.69, 9.17) is 5.73 Å². The predicted octanol–water partition coefficient (Wildman–Crippen LogP) is 0.960. The zero-order valence-electron chi connectivity index (χ0n) is 12.0. The normalized spacial score (nSPS) is 40.3. The van der Waals surface area contributed by atoms with Crippen LogP contribution in [0.15, 0.2) is 0 Å². The maximum atomic E-state index is 12.3. The fraction of sp³-hybridized carbons (Fsp3) is 0.933. The van der Waals surface area contributed by atoms with Crippen molar-refractivity contribution in [3.63, 3.8) is 0 Å². The summed E-state index contributed by atoms with van der Waals surface area (Å²) in [7, 11) is 2.13. The van der Waals surface area contributed by atoms with Crippen molar-refractivity contribution in [3.05, 3.63) is 0 Å². The zero-order valence-corrected chi connectivity index (χ0v) is 12.0. The number of fused-ring (bicyclic) bond motifs is 1. The summed E-state index contributed by atoms with van der Waals surface area (Å²) in [6, 6.07) is 0.843. The van der Waals surface area contributed by atoms with E-state index in [0.717, 1.165) is 50.6 Å². The lowest BCUT2D eigenvalue weighted by molar-refractivity contribution is -0.127. The molecule has 0 bridgehead atoms. The number of rotatable bonds is 2. The third-order valence-corrected chi connectivity index (χ3v) is 5.49. The van der Waals surface area contributed by atoms with Gasteiger partial charge in [0.25, 0.3) is 0 Å². The number of likely N-dealkylation sites (tertiary alicyclic amines) is 1. The summed E-state index contributed by atoms with van der Waals surface area (Å²) < 4.78 is 0. The molecule has 3 aliphatic rings. The average Bonchev–Trinajstić information content (AvgIpc) is 2.86. The molecule has 2 saturated carbocycles. The number of carbonyl (C=O) groups excluding carboxylic acids is 1. The van der Waals surface area contributed by atoms with Crippen molar-refractivity contribution < 1.29 is 4.79 Å². The molecule has 3 N–H and O–H groups in total. The van der Waals surface area contributed by atoms with E-state index < -0.39 is 0 Å². The van der Waals surface area contributed by atoms with Crippen molar-refractivity contribution in [3.8, 4) is 0 Å². The molecule has 3 fully saturated rings. The quantitative estimate of drug-likeness (QED) is 0.782. The minimum absolute atomic E-state index is 0.249. The van der Waals surface area contributed by atoms with Gasteiger partial charge in [0.15, 0.2) is 0 Å². The standard InChI is InChI=1S/C15H27N3O/c1-18-4-2-10(3-5-18)15(19)17-14-8-11-6-13(16)7-12(11)9-14/h10-14H,2-9,16H2,1H3,(H,17,19). The molecule has 19 heavy (non-hydrogen) atoms. The van der Waals surface area contributed by atoms with Crippen LogP contribution >= 0.6 is 0 Å². The van der Waals surface area contributed by atoms with Crippen molar-refractivity contribution in [1.82, 2.24) is 10.2 Å². The molecule has 2 unspecified atom stereocenters. The van der Waals surface area contributed by atoms with Gasteiger partial charge in [0.2, 0.25) is 5.91 Å². The van der Waals surface area contributed by atoms with Gasteiger partial charge in [-0.25, -0.2) is 0 Å². The van der Waals surface area contributed by atoms with Gasteiger partial charge >= 0.3 is 0 Å². The summed E-state index contributed by atoms with van der Waals surface area (Å²) in [5.74, 6) is 2.11. The molecule has 2 atom stereocenters. The first-order chi connectivity index (χ1) is 9.11. The highest BCUT2D eigenvalue weighted by molar-refractivity contribution is 5.79. The molecule has 1 amide bonds. The minimum atomic E-state index is 0.249. The van der Waals surface area contributed by atoms with E-state index in [1.807, 2.05) is 0 Å². The largest absolute Gasteiger partial charge is 0.353 e. The topological polar surface area (TPSA) is 58.4 Å². The highest BCUT2D eigenvalue weighted by Crippen LogP contribution is 2.43. The molecule has 108 valence electrons. The van der Waals surface area contributed by atoms with E-state index in [0.29, 0.717) is 18.0 Å². The second kappa shape index (κ2) is 5.41. The van der Waals surface area contributed by atoms with E-state index in [1.165, 1.54) is 12.8 Å². The molecule has 0 aromatic rings. The van der Waals surface area contributed by atoms with Gasteiger partial charge in [0, 0.05) is 18.0 Å². The minimum Gasteiger partial charge on any atom is -0.353 e. The molecule has 1 saturated heterocycles. The lowest BCUT2D eigenvalue weighted by Gasteiger charge is -2.29. The van der Waals surface area contributed by atoms with Crippen LogP contribution in [0.5, 0.6) is 0 Å². The van der Waals surface area contributed by atoms with Crippen molar-refractivity contribution in [1.29, 1.82) is 0 Å². The summed E-state index contributed by atoms with van der Waals surface area (Å²) >= 11 is 0. The SMILES string of the molecule is CN1CCC(C(=O)NC2CC3CC(N)CC3C2)CC1. The van der Waals surface area contributed by atoms with Gasteiger partial charge in [-0.05, 0) is 70.5 Å². The summed E-state index contributed by atoms with van der Waals surface area (Å²) in [5, 5.41) is 3.31. The summed E-state index contributed by atoms with van der Waals surface area (Å²) in [4.78, 5) is 14.6. The van der Waals surface area contributed by atoms with Gasteiger partial charge < -0.3 is 16.0 Å². The number of nitrogens with zero attached hydrogens (tertiary/aromatic N) is 1. The Balaban J connectivity index is 1.46. The molecular formula is C15H27N3O. The molecule has 1 aliphatic heterocycles. The van der Waals surface area contributed by atoms with Crippen LogP contribution in [-0.2, 0) is 4.79 Å². The third-order valence-electron chi connectivity index (χ3n) is 5.49. The van der Waals surface area contributed by atoms with Gasteiger partial charge in [-0.2, -0.15) is 0 Å². The van der Waals surface area contributed by atoms with Crippen LogP contribution in [0.2, 0.25) is 0 Å². The Morgan fingerprint density at radius 1 is 1.11 bits per heavy atom. The summed E-state index contributed by atoms with van der Waals surface area (Å²) in [6.45, 7) is 2.12. The molecule has 0 aromatic heterocycles. The van der Waals surface area contributed by atoms with Crippen molar-refractivity contribution in [2.24, 2.45) is 23.5 Å². The lowest BCUT2D eigenvalue weighted by Crippen LogP contribution is -2.42. The molecule has 2 aliphatic carbocycles. The van der Waals surface area contributed by atoms with E-state index in [2.05, 4.69) is 17.3 Å². The van der Waals surface area contributed by atoms with Crippen LogP contribution in [0.3, 0.4) is 0 Å². The smallest absolute Gasteiger partial charge is 0.223 e. The Bertz CT molecular complexity index is 324. The predicted molar refractivity (Wildman–Crippen MR) is 75.6 cm³/mol. The Morgan fingerprint density at radius 2 is 1.68 bits per heavy atom. The van der Waals surface area contributed by atoms with Crippen LogP contribution in [0.4, 0.5) is 0 Å². The van der Waals surface area contributed by atoms with Gasteiger partial charge in [-0.1, -0.05) is 0 Å². The Morgan fingerprint density at radius 3 is 2.26 bits per heavy atom. The number of nitrogens with one attached hydrogen (secondary N) is 1. The number of amides is 1. The molecule has 1 heterocycles. The Labute approximate surface area is 116 Å². The van der Waals surface area contributed by atoms with E-state index in [9.17, 15) is 4.79 Å². The highest BCUT2D eigenvalue weighted by Gasteiger charge is 2.41. The number of carbonyl (C=O) groups is 1. The molecule has 0 aromatic carbocycles. The van der Waals surface area contributed by atoms with Crippen molar-refractivity contribution >= 4 is 5.91 Å². The van der Waals surface area contributed by atoms with Gasteiger partial charge in [-0.3, -0.25) is 4.79 Å². The fourth-order valence-corrected chi connectivity index (χ4v) is 4.37. The maximum absolute atomic E-state index is 12.3. The van der Waals surface area contributed by atoms with Crippen molar-refractivity contribution in [2.75, 3.05) is 20.1 Å². The number of hydrogen-bond donors (Lipinski definition) is 2. The molecule has 4 heteroatoms. The van der Waals surface area contributed by atoms with E-state index in [-0.39, 0.29) is 5.92 Å². The van der Waals surface area contributed by atoms with Crippen LogP contribution in [-0.4, -0.2) is 43.0 Å². The number of nitrogens with two attached hydrogens (primary N) is 1. The van der Waals surface area contributed by atoms with Crippen molar-refractivity contribution in [2.45, 2.75) is 50.6 Å².